The number of methoxy groups -OCH3 is 1. The average molecular weight is 284 g/mol. The summed E-state index contributed by atoms with van der Waals surface area (Å²) in [4.78, 5) is 2.22. The minimum Gasteiger partial charge on any atom is -0.496 e. The first-order valence-electron chi connectivity index (χ1n) is 7.23. The van der Waals surface area contributed by atoms with Crippen LogP contribution in [0.3, 0.4) is 0 Å². The van der Waals surface area contributed by atoms with Crippen molar-refractivity contribution >= 4 is 11.4 Å². The number of nitrogen functional groups attached to an aromatic ring is 1. The number of hydrogen-bond donors (Lipinski definition) is 1. The molecule has 0 spiro atoms. The molecule has 0 radical (unpaired) electrons. The van der Waals surface area contributed by atoms with E-state index in [0.717, 1.165) is 23.5 Å². The highest BCUT2D eigenvalue weighted by molar-refractivity contribution is 5.68. The minimum absolute atomic E-state index is 0.325. The average Bonchev–Trinajstić information content (AvgIpc) is 2.47. The molecule has 2 rings (SSSR count). The SMILES string of the molecule is COc1ccccc1CC(C)N(C)c1ccc(C)cc1N. The molecule has 0 saturated heterocycles. The maximum absolute atomic E-state index is 6.14. The zero-order chi connectivity index (χ0) is 15.4. The fourth-order valence-electron chi connectivity index (χ4n) is 2.56. The van der Waals surface area contributed by atoms with Gasteiger partial charge in [0.1, 0.15) is 5.75 Å². The standard InChI is InChI=1S/C18H24N2O/c1-13-9-10-17(16(19)11-13)20(3)14(2)12-15-7-5-6-8-18(15)21-4/h5-11,14H,12,19H2,1-4H3. The topological polar surface area (TPSA) is 38.5 Å². The van der Waals surface area contributed by atoms with E-state index < -0.39 is 0 Å². The lowest BCUT2D eigenvalue weighted by Gasteiger charge is -2.29. The molecule has 2 aromatic rings. The second-order valence-electron chi connectivity index (χ2n) is 5.54. The van der Waals surface area contributed by atoms with Crippen LogP contribution in [0.2, 0.25) is 0 Å². The Bertz CT molecular complexity index is 610. The monoisotopic (exact) mass is 284 g/mol. The van der Waals surface area contributed by atoms with Crippen molar-refractivity contribution in [1.82, 2.24) is 0 Å². The molecule has 0 aliphatic rings. The Kier molecular flexibility index (Phi) is 4.73. The summed E-state index contributed by atoms with van der Waals surface area (Å²) in [5.74, 6) is 0.939. The van der Waals surface area contributed by atoms with Crippen LogP contribution in [-0.2, 0) is 6.42 Å². The Labute approximate surface area is 127 Å². The lowest BCUT2D eigenvalue weighted by Crippen LogP contribution is -2.31. The number of ether oxygens (including phenoxy) is 1. The summed E-state index contributed by atoms with van der Waals surface area (Å²) in [6, 6.07) is 14.7. The Balaban J connectivity index is 2.17. The second kappa shape index (κ2) is 6.53. The van der Waals surface area contributed by atoms with Crippen molar-refractivity contribution in [3.63, 3.8) is 0 Å². The molecule has 2 N–H and O–H groups in total. The molecule has 21 heavy (non-hydrogen) atoms. The van der Waals surface area contributed by atoms with Crippen molar-refractivity contribution in [3.05, 3.63) is 53.6 Å². The van der Waals surface area contributed by atoms with E-state index in [1.807, 2.05) is 24.3 Å². The molecule has 0 aromatic heterocycles. The predicted molar refractivity (Wildman–Crippen MR) is 90.2 cm³/mol. The highest BCUT2D eigenvalue weighted by atomic mass is 16.5. The molecule has 0 heterocycles. The molecule has 0 saturated carbocycles. The number of rotatable bonds is 5. The lowest BCUT2D eigenvalue weighted by molar-refractivity contribution is 0.408. The van der Waals surface area contributed by atoms with Gasteiger partial charge in [0, 0.05) is 13.1 Å². The number of nitrogens with zero attached hydrogens (tertiary/aromatic N) is 1. The summed E-state index contributed by atoms with van der Waals surface area (Å²) in [6.07, 6.45) is 0.911. The van der Waals surface area contributed by atoms with Crippen LogP contribution in [0.1, 0.15) is 18.1 Å². The van der Waals surface area contributed by atoms with Crippen LogP contribution in [-0.4, -0.2) is 20.2 Å². The van der Waals surface area contributed by atoms with Gasteiger partial charge in [-0.3, -0.25) is 0 Å². The third kappa shape index (κ3) is 3.48. The first-order chi connectivity index (χ1) is 10.0. The van der Waals surface area contributed by atoms with E-state index in [-0.39, 0.29) is 0 Å². The van der Waals surface area contributed by atoms with Crippen molar-refractivity contribution < 1.29 is 4.74 Å². The van der Waals surface area contributed by atoms with Crippen LogP contribution < -0.4 is 15.4 Å². The van der Waals surface area contributed by atoms with E-state index in [0.29, 0.717) is 6.04 Å². The Hall–Kier alpha value is -2.16. The molecule has 3 heteroatoms. The molecule has 0 fully saturated rings. The van der Waals surface area contributed by atoms with E-state index in [4.69, 9.17) is 10.5 Å². The van der Waals surface area contributed by atoms with Gasteiger partial charge in [-0.15, -0.1) is 0 Å². The zero-order valence-corrected chi connectivity index (χ0v) is 13.3. The Morgan fingerprint density at radius 2 is 1.90 bits per heavy atom. The fraction of sp³-hybridized carbons (Fsp3) is 0.333. The summed E-state index contributed by atoms with van der Waals surface area (Å²) in [5.41, 5.74) is 10.4. The number of nitrogens with two attached hydrogens (primary N) is 1. The zero-order valence-electron chi connectivity index (χ0n) is 13.3. The Morgan fingerprint density at radius 3 is 2.57 bits per heavy atom. The third-order valence-corrected chi connectivity index (χ3v) is 3.93. The van der Waals surface area contributed by atoms with Crippen LogP contribution in [0.5, 0.6) is 5.75 Å². The van der Waals surface area contributed by atoms with Gasteiger partial charge in [0.05, 0.1) is 18.5 Å². The number of likely N-dealkylation sites (N-methyl/N-ethyl adjacent to an activating group) is 1. The minimum atomic E-state index is 0.325. The second-order valence-corrected chi connectivity index (χ2v) is 5.54. The normalized spacial score (nSPS) is 12.0. The van der Waals surface area contributed by atoms with Crippen molar-refractivity contribution in [3.8, 4) is 5.75 Å². The van der Waals surface area contributed by atoms with Crippen molar-refractivity contribution in [1.29, 1.82) is 0 Å². The van der Waals surface area contributed by atoms with Gasteiger partial charge in [0.15, 0.2) is 0 Å². The molecule has 3 nitrogen and oxygen atoms in total. The fourth-order valence-corrected chi connectivity index (χ4v) is 2.56. The first kappa shape index (κ1) is 15.2. The van der Waals surface area contributed by atoms with Crippen molar-refractivity contribution in [2.24, 2.45) is 0 Å². The van der Waals surface area contributed by atoms with Crippen LogP contribution in [0.4, 0.5) is 11.4 Å². The Morgan fingerprint density at radius 1 is 1.19 bits per heavy atom. The first-order valence-corrected chi connectivity index (χ1v) is 7.23. The highest BCUT2D eigenvalue weighted by Crippen LogP contribution is 2.27. The van der Waals surface area contributed by atoms with E-state index in [1.54, 1.807) is 7.11 Å². The molecule has 1 unspecified atom stereocenters. The number of anilines is 2. The molecule has 1 atom stereocenters. The van der Waals surface area contributed by atoms with Gasteiger partial charge >= 0.3 is 0 Å². The summed E-state index contributed by atoms with van der Waals surface area (Å²) in [7, 11) is 3.80. The number of hydrogen-bond acceptors (Lipinski definition) is 3. The van der Waals surface area contributed by atoms with E-state index in [1.165, 1.54) is 11.1 Å². The van der Waals surface area contributed by atoms with E-state index in [9.17, 15) is 0 Å². The van der Waals surface area contributed by atoms with Crippen LogP contribution in [0, 0.1) is 6.92 Å². The lowest BCUT2D eigenvalue weighted by atomic mass is 10.0. The van der Waals surface area contributed by atoms with Gasteiger partial charge in [-0.2, -0.15) is 0 Å². The van der Waals surface area contributed by atoms with Crippen molar-refractivity contribution in [2.75, 3.05) is 24.8 Å². The van der Waals surface area contributed by atoms with Gasteiger partial charge in [-0.25, -0.2) is 0 Å². The van der Waals surface area contributed by atoms with Crippen molar-refractivity contribution in [2.45, 2.75) is 26.3 Å². The quantitative estimate of drug-likeness (QED) is 0.852. The number of para-hydroxylation sites is 1. The molecule has 112 valence electrons. The molecule has 0 amide bonds. The van der Waals surface area contributed by atoms with E-state index in [2.05, 4.69) is 44.0 Å². The number of benzene rings is 2. The van der Waals surface area contributed by atoms with E-state index >= 15 is 0 Å². The van der Waals surface area contributed by atoms with Gasteiger partial charge in [0.25, 0.3) is 0 Å². The summed E-state index contributed by atoms with van der Waals surface area (Å²) >= 11 is 0. The highest BCUT2D eigenvalue weighted by Gasteiger charge is 2.15. The molecule has 0 aliphatic carbocycles. The molecule has 0 bridgehead atoms. The smallest absolute Gasteiger partial charge is 0.122 e. The van der Waals surface area contributed by atoms with Gasteiger partial charge in [0.2, 0.25) is 0 Å². The third-order valence-electron chi connectivity index (χ3n) is 3.93. The summed E-state index contributed by atoms with van der Waals surface area (Å²) < 4.78 is 5.43. The summed E-state index contributed by atoms with van der Waals surface area (Å²) in [5, 5.41) is 0. The maximum atomic E-state index is 6.14. The summed E-state index contributed by atoms with van der Waals surface area (Å²) in [6.45, 7) is 4.25. The predicted octanol–water partition coefficient (Wildman–Crippen LogP) is 3.65. The molecule has 0 aliphatic heterocycles. The molecular formula is C18H24N2O. The van der Waals surface area contributed by atoms with Gasteiger partial charge in [-0.1, -0.05) is 24.3 Å². The van der Waals surface area contributed by atoms with Gasteiger partial charge < -0.3 is 15.4 Å². The van der Waals surface area contributed by atoms with Crippen LogP contribution >= 0.6 is 0 Å². The number of aryl methyl sites for hydroxylation is 1. The van der Waals surface area contributed by atoms with Crippen LogP contribution in [0.15, 0.2) is 42.5 Å². The van der Waals surface area contributed by atoms with Gasteiger partial charge in [-0.05, 0) is 49.6 Å². The molecular weight excluding hydrogens is 260 g/mol. The largest absolute Gasteiger partial charge is 0.496 e. The van der Waals surface area contributed by atoms with Crippen LogP contribution in [0.25, 0.3) is 0 Å². The maximum Gasteiger partial charge on any atom is 0.122 e. The molecule has 2 aromatic carbocycles.